The smallest absolute Gasteiger partial charge is 0.209 e. The van der Waals surface area contributed by atoms with Crippen molar-refractivity contribution in [3.63, 3.8) is 0 Å². The van der Waals surface area contributed by atoms with Crippen LogP contribution < -0.4 is 5.73 Å². The summed E-state index contributed by atoms with van der Waals surface area (Å²) in [5.74, 6) is 2.29. The molecule has 0 unspecified atom stereocenters. The third-order valence-electron chi connectivity index (χ3n) is 2.29. The van der Waals surface area contributed by atoms with E-state index in [9.17, 15) is 0 Å². The molecule has 0 aliphatic carbocycles. The van der Waals surface area contributed by atoms with Crippen molar-refractivity contribution in [2.75, 3.05) is 5.73 Å². The lowest BCUT2D eigenvalue weighted by atomic mass is 10.4. The maximum absolute atomic E-state index is 5.81. The molecule has 16 heavy (non-hydrogen) atoms. The number of rotatable bonds is 1. The molecule has 0 amide bonds. The first-order chi connectivity index (χ1) is 7.74. The number of hydrogen-bond donors (Lipinski definition) is 1. The number of aromatic nitrogens is 4. The van der Waals surface area contributed by atoms with Crippen molar-refractivity contribution in [1.82, 2.24) is 19.5 Å². The van der Waals surface area contributed by atoms with Crippen LogP contribution in [0, 0.1) is 6.92 Å². The van der Waals surface area contributed by atoms with E-state index in [0.717, 1.165) is 5.76 Å². The van der Waals surface area contributed by atoms with E-state index in [1.807, 2.05) is 19.1 Å². The minimum atomic E-state index is 0.322. The molecule has 0 radical (unpaired) electrons. The molecule has 0 saturated carbocycles. The number of hydrogen-bond acceptors (Lipinski definition) is 5. The summed E-state index contributed by atoms with van der Waals surface area (Å²) >= 11 is 0. The summed E-state index contributed by atoms with van der Waals surface area (Å²) in [6, 6.07) is 3.69. The monoisotopic (exact) mass is 215 g/mol. The lowest BCUT2D eigenvalue weighted by Gasteiger charge is -2.07. The van der Waals surface area contributed by atoms with E-state index in [1.54, 1.807) is 10.8 Å². The quantitative estimate of drug-likeness (QED) is 0.660. The third-order valence-corrected chi connectivity index (χ3v) is 2.29. The summed E-state index contributed by atoms with van der Waals surface area (Å²) in [4.78, 5) is 12.2. The van der Waals surface area contributed by atoms with Crippen LogP contribution in [0.25, 0.3) is 17.4 Å². The van der Waals surface area contributed by atoms with Gasteiger partial charge in [-0.15, -0.1) is 0 Å². The predicted octanol–water partition coefficient (Wildman–Crippen LogP) is 1.25. The van der Waals surface area contributed by atoms with Crippen molar-refractivity contribution in [3.05, 3.63) is 30.4 Å². The minimum Gasteiger partial charge on any atom is -0.445 e. The number of nitrogens with two attached hydrogens (primary N) is 1. The van der Waals surface area contributed by atoms with Gasteiger partial charge in [-0.1, -0.05) is 0 Å². The highest BCUT2D eigenvalue weighted by Crippen LogP contribution is 2.21. The average molecular weight is 215 g/mol. The topological polar surface area (TPSA) is 82.8 Å². The molecule has 6 heteroatoms. The normalized spacial score (nSPS) is 11.1. The van der Waals surface area contributed by atoms with Gasteiger partial charge < -0.3 is 10.2 Å². The van der Waals surface area contributed by atoms with Crippen LogP contribution in [0.15, 0.2) is 29.1 Å². The van der Waals surface area contributed by atoms with Gasteiger partial charge >= 0.3 is 0 Å². The molecule has 80 valence electrons. The first kappa shape index (κ1) is 8.90. The van der Waals surface area contributed by atoms with Crippen molar-refractivity contribution < 1.29 is 4.42 Å². The Bertz CT molecular complexity index is 612. The van der Waals surface area contributed by atoms with Crippen molar-refractivity contribution in [2.24, 2.45) is 0 Å². The fraction of sp³-hybridized carbons (Fsp3) is 0.100. The molecule has 0 fully saturated rings. The number of furan rings is 1. The SMILES string of the molecule is Cc1ccc(-n2cc3ncnc-3nc2N)o1. The van der Waals surface area contributed by atoms with Crippen LogP contribution in [-0.4, -0.2) is 19.5 Å². The van der Waals surface area contributed by atoms with Gasteiger partial charge in [-0.3, -0.25) is 4.57 Å². The Labute approximate surface area is 91.1 Å². The summed E-state index contributed by atoms with van der Waals surface area (Å²) in [7, 11) is 0. The molecule has 1 aromatic rings. The second-order valence-corrected chi connectivity index (χ2v) is 3.44. The fourth-order valence-corrected chi connectivity index (χ4v) is 1.53. The third kappa shape index (κ3) is 1.23. The fourth-order valence-electron chi connectivity index (χ4n) is 1.53. The van der Waals surface area contributed by atoms with Crippen LogP contribution in [0.2, 0.25) is 0 Å². The number of anilines is 1. The van der Waals surface area contributed by atoms with Gasteiger partial charge in [-0.05, 0) is 13.0 Å². The second kappa shape index (κ2) is 3.06. The molecule has 2 aliphatic heterocycles. The van der Waals surface area contributed by atoms with Crippen molar-refractivity contribution in [1.29, 1.82) is 0 Å². The molecule has 0 bridgehead atoms. The Morgan fingerprint density at radius 3 is 2.94 bits per heavy atom. The van der Waals surface area contributed by atoms with E-state index in [-0.39, 0.29) is 0 Å². The maximum atomic E-state index is 5.81. The van der Waals surface area contributed by atoms with Crippen molar-refractivity contribution >= 4 is 5.95 Å². The summed E-state index contributed by atoms with van der Waals surface area (Å²) in [5, 5.41) is 0. The molecular formula is C10H9N5O. The van der Waals surface area contributed by atoms with Crippen LogP contribution in [0.1, 0.15) is 5.76 Å². The molecule has 0 saturated heterocycles. The lowest BCUT2D eigenvalue weighted by molar-refractivity contribution is 0.510. The number of fused-ring (bicyclic) bond motifs is 1. The van der Waals surface area contributed by atoms with Gasteiger partial charge in [0.05, 0.1) is 0 Å². The minimum absolute atomic E-state index is 0.322. The van der Waals surface area contributed by atoms with Crippen molar-refractivity contribution in [2.45, 2.75) is 6.92 Å². The number of aryl methyl sites for hydroxylation is 1. The first-order valence-corrected chi connectivity index (χ1v) is 4.76. The first-order valence-electron chi connectivity index (χ1n) is 4.76. The second-order valence-electron chi connectivity index (χ2n) is 3.44. The Morgan fingerprint density at radius 2 is 2.19 bits per heavy atom. The summed E-state index contributed by atoms with van der Waals surface area (Å²) < 4.78 is 7.11. The molecule has 0 atom stereocenters. The molecule has 2 N–H and O–H groups in total. The lowest BCUT2D eigenvalue weighted by Crippen LogP contribution is -2.07. The zero-order valence-corrected chi connectivity index (χ0v) is 8.58. The Balaban J connectivity index is 2.24. The summed E-state index contributed by atoms with van der Waals surface area (Å²) in [5.41, 5.74) is 6.49. The highest BCUT2D eigenvalue weighted by atomic mass is 16.4. The number of imidazole rings is 1. The van der Waals surface area contributed by atoms with Crippen LogP contribution in [-0.2, 0) is 0 Å². The van der Waals surface area contributed by atoms with E-state index < -0.39 is 0 Å². The molecule has 2 aliphatic rings. The van der Waals surface area contributed by atoms with Crippen LogP contribution in [0.5, 0.6) is 0 Å². The zero-order chi connectivity index (χ0) is 11.1. The van der Waals surface area contributed by atoms with Crippen molar-refractivity contribution in [3.8, 4) is 17.4 Å². The predicted molar refractivity (Wildman–Crippen MR) is 57.2 cm³/mol. The maximum Gasteiger partial charge on any atom is 0.209 e. The molecule has 1 aromatic heterocycles. The van der Waals surface area contributed by atoms with Gasteiger partial charge in [0, 0.05) is 12.3 Å². The van der Waals surface area contributed by atoms with E-state index in [1.165, 1.54) is 6.33 Å². The van der Waals surface area contributed by atoms with E-state index in [0.29, 0.717) is 23.4 Å². The highest BCUT2D eigenvalue weighted by Gasteiger charge is 2.13. The molecule has 0 spiro atoms. The average Bonchev–Trinajstić information content (AvgIpc) is 2.84. The van der Waals surface area contributed by atoms with Crippen LogP contribution in [0.4, 0.5) is 5.95 Å². The standard InChI is InChI=1S/C10H9N5O/c1-6-2-3-8(16-6)15-4-7-9(13-5-12-7)14-10(15)11/h2-5H,1H3,(H2,11,12,13,14). The zero-order valence-electron chi connectivity index (χ0n) is 8.58. The van der Waals surface area contributed by atoms with Gasteiger partial charge in [0.2, 0.25) is 11.8 Å². The van der Waals surface area contributed by atoms with E-state index in [2.05, 4.69) is 15.0 Å². The van der Waals surface area contributed by atoms with Gasteiger partial charge in [-0.25, -0.2) is 9.97 Å². The number of nitrogens with zero attached hydrogens (tertiary/aromatic N) is 4. The molecule has 3 heterocycles. The largest absolute Gasteiger partial charge is 0.445 e. The molecule has 0 aromatic carbocycles. The van der Waals surface area contributed by atoms with Crippen LogP contribution >= 0.6 is 0 Å². The van der Waals surface area contributed by atoms with Gasteiger partial charge in [-0.2, -0.15) is 4.98 Å². The molecule has 6 nitrogen and oxygen atoms in total. The van der Waals surface area contributed by atoms with Crippen LogP contribution in [0.3, 0.4) is 0 Å². The molecule has 3 rings (SSSR count). The highest BCUT2D eigenvalue weighted by molar-refractivity contribution is 5.53. The van der Waals surface area contributed by atoms with E-state index >= 15 is 0 Å². The number of nitrogen functional groups attached to an aromatic ring is 1. The summed E-state index contributed by atoms with van der Waals surface area (Å²) in [6.45, 7) is 1.87. The van der Waals surface area contributed by atoms with Gasteiger partial charge in [0.1, 0.15) is 17.8 Å². The van der Waals surface area contributed by atoms with E-state index in [4.69, 9.17) is 10.2 Å². The Kier molecular flexibility index (Phi) is 1.70. The van der Waals surface area contributed by atoms with Gasteiger partial charge in [0.15, 0.2) is 5.82 Å². The Morgan fingerprint density at radius 1 is 1.31 bits per heavy atom. The van der Waals surface area contributed by atoms with Gasteiger partial charge in [0.25, 0.3) is 0 Å². The Hall–Kier alpha value is -2.37. The summed E-state index contributed by atoms with van der Waals surface area (Å²) in [6.07, 6.45) is 3.21. The molecular weight excluding hydrogens is 206 g/mol.